The molecule has 0 aliphatic carbocycles. The van der Waals surface area contributed by atoms with E-state index in [0.29, 0.717) is 11.2 Å². The van der Waals surface area contributed by atoms with Crippen molar-refractivity contribution in [2.24, 2.45) is 0 Å². The van der Waals surface area contributed by atoms with E-state index < -0.39 is 0 Å². The smallest absolute Gasteiger partial charge is 0.259 e. The van der Waals surface area contributed by atoms with Crippen LogP contribution in [-0.4, -0.2) is 41.3 Å². The Morgan fingerprint density at radius 2 is 1.93 bits per heavy atom. The van der Waals surface area contributed by atoms with Crippen LogP contribution >= 0.6 is 11.3 Å². The number of nitrogens with zero attached hydrogens (tertiary/aromatic N) is 3. The van der Waals surface area contributed by atoms with Crippen LogP contribution in [0.3, 0.4) is 0 Å². The Kier molecular flexibility index (Phi) is 4.71. The van der Waals surface area contributed by atoms with Gasteiger partial charge in [0.15, 0.2) is 0 Å². The van der Waals surface area contributed by atoms with Crippen LogP contribution in [0.1, 0.15) is 0 Å². The molecule has 2 N–H and O–H groups in total. The minimum Gasteiger partial charge on any atom is -0.378 e. The second-order valence-corrected chi connectivity index (χ2v) is 7.49. The van der Waals surface area contributed by atoms with E-state index in [9.17, 15) is 4.79 Å². The van der Waals surface area contributed by atoms with Gasteiger partial charge in [-0.05, 0) is 41.8 Å². The van der Waals surface area contributed by atoms with E-state index in [2.05, 4.69) is 32.3 Å². The highest BCUT2D eigenvalue weighted by Crippen LogP contribution is 2.28. The number of benzene rings is 1. The number of anilines is 3. The first kappa shape index (κ1) is 17.8. The first-order valence-corrected chi connectivity index (χ1v) is 10.3. The maximum atomic E-state index is 12.5. The number of H-pyrrole nitrogens is 1. The maximum absolute atomic E-state index is 12.5. The molecule has 0 bridgehead atoms. The van der Waals surface area contributed by atoms with E-state index >= 15 is 0 Å². The molecule has 5 rings (SSSR count). The largest absolute Gasteiger partial charge is 0.378 e. The number of ether oxygens (including phenoxy) is 1. The molecule has 8 heteroatoms. The quantitative estimate of drug-likeness (QED) is 0.540. The van der Waals surface area contributed by atoms with E-state index in [1.165, 1.54) is 11.3 Å². The first-order chi connectivity index (χ1) is 14.3. The molecule has 1 aromatic carbocycles. The monoisotopic (exact) mass is 405 g/mol. The average molecular weight is 405 g/mol. The number of aromatic nitrogens is 3. The summed E-state index contributed by atoms with van der Waals surface area (Å²) < 4.78 is 5.42. The van der Waals surface area contributed by atoms with Crippen LogP contribution < -0.4 is 15.8 Å². The number of hydrogen-bond acceptors (Lipinski definition) is 7. The number of thiazole rings is 1. The van der Waals surface area contributed by atoms with Gasteiger partial charge in [0.1, 0.15) is 5.82 Å². The molecule has 1 aliphatic heterocycles. The fraction of sp³-hybridized carbons (Fsp3) is 0.190. The molecule has 0 atom stereocenters. The van der Waals surface area contributed by atoms with E-state index in [0.717, 1.165) is 54.5 Å². The first-order valence-electron chi connectivity index (χ1n) is 9.39. The summed E-state index contributed by atoms with van der Waals surface area (Å²) in [6.07, 6.45) is 1.65. The minimum atomic E-state index is -0.174. The van der Waals surface area contributed by atoms with Crippen LogP contribution in [0.5, 0.6) is 0 Å². The number of nitrogens with one attached hydrogen (secondary N) is 2. The molecule has 146 valence electrons. The van der Waals surface area contributed by atoms with Crippen molar-refractivity contribution in [2.45, 2.75) is 0 Å². The van der Waals surface area contributed by atoms with Gasteiger partial charge in [-0.1, -0.05) is 0 Å². The highest BCUT2D eigenvalue weighted by atomic mass is 32.1. The standard InChI is InChI=1S/C21H19N5O2S/c27-21-19-14(5-6-22-21)11-17(18-12-29-13-23-18)25-20(19)24-15-1-3-16(4-2-15)26-7-9-28-10-8-26/h1-6,11-13H,7-10H2,(H,22,27)(H,24,25). The molecule has 29 heavy (non-hydrogen) atoms. The summed E-state index contributed by atoms with van der Waals surface area (Å²) in [4.78, 5) is 26.6. The Labute approximate surface area is 171 Å². The Hall–Kier alpha value is -3.23. The molecule has 7 nitrogen and oxygen atoms in total. The second kappa shape index (κ2) is 7.65. The van der Waals surface area contributed by atoms with E-state index in [1.807, 2.05) is 29.6 Å². The van der Waals surface area contributed by atoms with Crippen molar-refractivity contribution in [1.29, 1.82) is 0 Å². The van der Waals surface area contributed by atoms with Gasteiger partial charge in [0.25, 0.3) is 5.56 Å². The predicted octanol–water partition coefficient (Wildman–Crippen LogP) is 3.63. The lowest BCUT2D eigenvalue weighted by Crippen LogP contribution is -2.36. The number of morpholine rings is 1. The summed E-state index contributed by atoms with van der Waals surface area (Å²) in [5.41, 5.74) is 5.16. The molecule has 4 aromatic rings. The molecule has 0 amide bonds. The van der Waals surface area contributed by atoms with Gasteiger partial charge in [0.05, 0.1) is 35.5 Å². The van der Waals surface area contributed by atoms with E-state index in [4.69, 9.17) is 9.72 Å². The number of hydrogen-bond donors (Lipinski definition) is 2. The third-order valence-corrected chi connectivity index (χ3v) is 5.54. The molecule has 1 saturated heterocycles. The van der Waals surface area contributed by atoms with Gasteiger partial charge in [0.2, 0.25) is 0 Å². The number of aromatic amines is 1. The summed E-state index contributed by atoms with van der Waals surface area (Å²) >= 11 is 1.51. The highest BCUT2D eigenvalue weighted by molar-refractivity contribution is 7.07. The molecule has 0 spiro atoms. The van der Waals surface area contributed by atoms with Crippen LogP contribution in [-0.2, 0) is 4.74 Å². The van der Waals surface area contributed by atoms with Gasteiger partial charge in [0, 0.05) is 36.0 Å². The van der Waals surface area contributed by atoms with Gasteiger partial charge in [-0.15, -0.1) is 11.3 Å². The minimum absolute atomic E-state index is 0.174. The fourth-order valence-corrected chi connectivity index (χ4v) is 4.03. The van der Waals surface area contributed by atoms with Crippen LogP contribution in [0.2, 0.25) is 0 Å². The predicted molar refractivity (Wildman–Crippen MR) is 116 cm³/mol. The summed E-state index contributed by atoms with van der Waals surface area (Å²) in [6.45, 7) is 3.29. The zero-order valence-corrected chi connectivity index (χ0v) is 16.4. The Morgan fingerprint density at radius 3 is 2.69 bits per heavy atom. The number of pyridine rings is 2. The third kappa shape index (κ3) is 3.59. The van der Waals surface area contributed by atoms with Crippen molar-refractivity contribution in [2.75, 3.05) is 36.5 Å². The van der Waals surface area contributed by atoms with Crippen LogP contribution in [0.25, 0.3) is 22.2 Å². The van der Waals surface area contributed by atoms with Crippen molar-refractivity contribution in [3.05, 3.63) is 63.8 Å². The van der Waals surface area contributed by atoms with Crippen molar-refractivity contribution in [3.63, 3.8) is 0 Å². The zero-order valence-electron chi connectivity index (χ0n) is 15.6. The molecule has 3 aromatic heterocycles. The van der Waals surface area contributed by atoms with Crippen molar-refractivity contribution in [3.8, 4) is 11.4 Å². The van der Waals surface area contributed by atoms with Crippen LogP contribution in [0, 0.1) is 0 Å². The molecular weight excluding hydrogens is 386 g/mol. The summed E-state index contributed by atoms with van der Waals surface area (Å²) in [6, 6.07) is 11.9. The van der Waals surface area contributed by atoms with Gasteiger partial charge < -0.3 is 19.9 Å². The molecule has 0 saturated carbocycles. The number of fused-ring (bicyclic) bond motifs is 1. The summed E-state index contributed by atoms with van der Waals surface area (Å²) in [7, 11) is 0. The molecule has 4 heterocycles. The lowest BCUT2D eigenvalue weighted by molar-refractivity contribution is 0.122. The molecule has 0 radical (unpaired) electrons. The molecule has 1 aliphatic rings. The van der Waals surface area contributed by atoms with Gasteiger partial charge in [-0.3, -0.25) is 4.79 Å². The lowest BCUT2D eigenvalue weighted by atomic mass is 10.1. The van der Waals surface area contributed by atoms with E-state index in [1.54, 1.807) is 11.7 Å². The Balaban J connectivity index is 1.51. The maximum Gasteiger partial charge on any atom is 0.259 e. The van der Waals surface area contributed by atoms with Crippen LogP contribution in [0.15, 0.2) is 58.3 Å². The summed E-state index contributed by atoms with van der Waals surface area (Å²) in [5.74, 6) is 0.520. The zero-order chi connectivity index (χ0) is 19.6. The van der Waals surface area contributed by atoms with Crippen molar-refractivity contribution >= 4 is 39.3 Å². The van der Waals surface area contributed by atoms with E-state index in [-0.39, 0.29) is 5.56 Å². The topological polar surface area (TPSA) is 83.1 Å². The average Bonchev–Trinajstić information content (AvgIpc) is 3.30. The Morgan fingerprint density at radius 1 is 1.10 bits per heavy atom. The van der Waals surface area contributed by atoms with Crippen molar-refractivity contribution < 1.29 is 4.74 Å². The SMILES string of the molecule is O=c1[nH]ccc2cc(-c3cscn3)nc(Nc3ccc(N4CCOCC4)cc3)c12. The lowest BCUT2D eigenvalue weighted by Gasteiger charge is -2.28. The van der Waals surface area contributed by atoms with Crippen LogP contribution in [0.4, 0.5) is 17.2 Å². The van der Waals surface area contributed by atoms with Crippen molar-refractivity contribution in [1.82, 2.24) is 15.0 Å². The number of rotatable bonds is 4. The Bertz CT molecular complexity index is 1180. The third-order valence-electron chi connectivity index (χ3n) is 4.96. The van der Waals surface area contributed by atoms with Gasteiger partial charge in [-0.2, -0.15) is 0 Å². The molecule has 0 unspecified atom stereocenters. The normalized spacial score (nSPS) is 14.3. The second-order valence-electron chi connectivity index (χ2n) is 6.77. The highest BCUT2D eigenvalue weighted by Gasteiger charge is 2.14. The molecular formula is C21H19N5O2S. The fourth-order valence-electron chi connectivity index (χ4n) is 3.49. The van der Waals surface area contributed by atoms with Gasteiger partial charge in [-0.25, -0.2) is 9.97 Å². The van der Waals surface area contributed by atoms with Gasteiger partial charge >= 0.3 is 0 Å². The molecule has 1 fully saturated rings. The summed E-state index contributed by atoms with van der Waals surface area (Å²) in [5, 5.41) is 6.62.